The SMILES string of the molecule is CC1C(CSc2cccc[n+]2[O-])OC(c2cccc(NC(=O)c3cnc4ccccc4n3)c2)OC1c1ccc(CO)cc1. The predicted octanol–water partition coefficient (Wildman–Crippen LogP) is 5.59. The summed E-state index contributed by atoms with van der Waals surface area (Å²) < 4.78 is 13.9. The van der Waals surface area contributed by atoms with Crippen molar-refractivity contribution >= 4 is 34.4 Å². The summed E-state index contributed by atoms with van der Waals surface area (Å²) in [5, 5.41) is 25.3. The van der Waals surface area contributed by atoms with Crippen LogP contribution in [0.2, 0.25) is 0 Å². The molecule has 6 rings (SSSR count). The molecule has 10 heteroatoms. The van der Waals surface area contributed by atoms with Gasteiger partial charge in [-0.05, 0) is 41.5 Å². The molecule has 1 amide bonds. The van der Waals surface area contributed by atoms with Crippen LogP contribution in [0.4, 0.5) is 5.69 Å². The average Bonchev–Trinajstić information content (AvgIpc) is 3.05. The van der Waals surface area contributed by atoms with Gasteiger partial charge in [0.05, 0.1) is 36.0 Å². The summed E-state index contributed by atoms with van der Waals surface area (Å²) in [4.78, 5) is 21.8. The minimum absolute atomic E-state index is 0.0398. The van der Waals surface area contributed by atoms with Crippen LogP contribution in [0.15, 0.2) is 108 Å². The zero-order valence-electron chi connectivity index (χ0n) is 23.4. The Morgan fingerprint density at radius 2 is 1.77 bits per heavy atom. The Labute approximate surface area is 253 Å². The first-order valence-electron chi connectivity index (χ1n) is 13.9. The van der Waals surface area contributed by atoms with E-state index in [1.54, 1.807) is 18.2 Å². The standard InChI is InChI=1S/C33H30N4O5S/c1-21-29(20-43-30-11-4-5-16-37(30)40)41-33(42-31(21)23-14-12-22(19-38)13-15-23)24-7-6-8-25(17-24)35-32(39)28-18-34-26-9-2-3-10-27(26)36-28/h2-18,21,29,31,33,38H,19-20H2,1H3,(H,35,39). The smallest absolute Gasteiger partial charge is 0.275 e. The largest absolute Gasteiger partial charge is 0.618 e. The molecule has 3 heterocycles. The van der Waals surface area contributed by atoms with Crippen molar-refractivity contribution in [3.63, 3.8) is 0 Å². The number of ether oxygens (including phenoxy) is 2. The van der Waals surface area contributed by atoms with E-state index >= 15 is 0 Å². The molecule has 0 aliphatic carbocycles. The topological polar surface area (TPSA) is 121 Å². The Balaban J connectivity index is 1.24. The van der Waals surface area contributed by atoms with Gasteiger partial charge in [0.25, 0.3) is 10.9 Å². The van der Waals surface area contributed by atoms with Crippen molar-refractivity contribution in [1.29, 1.82) is 0 Å². The van der Waals surface area contributed by atoms with Crippen LogP contribution in [0, 0.1) is 11.1 Å². The number of thioether (sulfide) groups is 1. The fraction of sp³-hybridized carbons (Fsp3) is 0.212. The normalized spacial score (nSPS) is 20.1. The lowest BCUT2D eigenvalue weighted by Crippen LogP contribution is -2.39. The van der Waals surface area contributed by atoms with Crippen molar-refractivity contribution in [2.45, 2.75) is 37.1 Å². The summed E-state index contributed by atoms with van der Waals surface area (Å²) in [6.45, 7) is 2.03. The van der Waals surface area contributed by atoms with E-state index in [0.29, 0.717) is 27.5 Å². The van der Waals surface area contributed by atoms with Crippen LogP contribution in [0.5, 0.6) is 0 Å². The fourth-order valence-corrected chi connectivity index (χ4v) is 6.11. The molecule has 1 saturated heterocycles. The first kappa shape index (κ1) is 28.8. The van der Waals surface area contributed by atoms with Gasteiger partial charge in [-0.2, -0.15) is 4.73 Å². The lowest BCUT2D eigenvalue weighted by Gasteiger charge is -2.41. The molecule has 1 aliphatic rings. The second-order valence-electron chi connectivity index (χ2n) is 10.3. The third kappa shape index (κ3) is 6.52. The van der Waals surface area contributed by atoms with E-state index in [1.807, 2.05) is 72.8 Å². The van der Waals surface area contributed by atoms with Crippen LogP contribution < -0.4 is 10.0 Å². The van der Waals surface area contributed by atoms with Crippen LogP contribution in [0.3, 0.4) is 0 Å². The van der Waals surface area contributed by atoms with Gasteiger partial charge in [0.15, 0.2) is 12.5 Å². The molecular weight excluding hydrogens is 564 g/mol. The Morgan fingerprint density at radius 1 is 0.977 bits per heavy atom. The van der Waals surface area contributed by atoms with Crippen LogP contribution in [-0.4, -0.2) is 32.8 Å². The summed E-state index contributed by atoms with van der Waals surface area (Å²) in [6.07, 6.45) is 1.66. The average molecular weight is 595 g/mol. The van der Waals surface area contributed by atoms with Gasteiger partial charge in [-0.1, -0.05) is 67.2 Å². The van der Waals surface area contributed by atoms with Gasteiger partial charge in [-0.15, -0.1) is 0 Å². The Morgan fingerprint density at radius 3 is 2.56 bits per heavy atom. The Kier molecular flexibility index (Phi) is 8.62. The van der Waals surface area contributed by atoms with Gasteiger partial charge in [-0.25, -0.2) is 4.98 Å². The number of hydrogen-bond acceptors (Lipinski definition) is 8. The van der Waals surface area contributed by atoms with Gasteiger partial charge >= 0.3 is 0 Å². The van der Waals surface area contributed by atoms with E-state index in [9.17, 15) is 15.1 Å². The van der Waals surface area contributed by atoms with Crippen LogP contribution in [0.25, 0.3) is 11.0 Å². The molecule has 0 radical (unpaired) electrons. The first-order chi connectivity index (χ1) is 21.0. The van der Waals surface area contributed by atoms with Crippen LogP contribution in [-0.2, 0) is 16.1 Å². The molecule has 5 aromatic rings. The van der Waals surface area contributed by atoms with E-state index in [-0.39, 0.29) is 36.3 Å². The molecule has 43 heavy (non-hydrogen) atoms. The number of anilines is 1. The van der Waals surface area contributed by atoms with E-state index in [2.05, 4.69) is 22.2 Å². The minimum Gasteiger partial charge on any atom is -0.618 e. The summed E-state index contributed by atoms with van der Waals surface area (Å²) in [5.41, 5.74) is 4.65. The lowest BCUT2D eigenvalue weighted by atomic mass is 9.91. The number of nitrogens with one attached hydrogen (secondary N) is 1. The van der Waals surface area contributed by atoms with Gasteiger partial charge in [0.2, 0.25) is 0 Å². The van der Waals surface area contributed by atoms with Crippen molar-refractivity contribution in [2.24, 2.45) is 5.92 Å². The number of para-hydroxylation sites is 2. The number of aliphatic hydroxyl groups is 1. The number of pyridine rings is 1. The van der Waals surface area contributed by atoms with Crippen molar-refractivity contribution in [1.82, 2.24) is 9.97 Å². The van der Waals surface area contributed by atoms with E-state index in [0.717, 1.165) is 21.4 Å². The number of nitrogens with zero attached hydrogens (tertiary/aromatic N) is 3. The number of aliphatic hydroxyl groups excluding tert-OH is 1. The Bertz CT molecular complexity index is 1730. The molecule has 0 bridgehead atoms. The predicted molar refractivity (Wildman–Crippen MR) is 163 cm³/mol. The number of aromatic nitrogens is 3. The maximum absolute atomic E-state index is 13.1. The number of fused-ring (bicyclic) bond motifs is 1. The number of carbonyl (C=O) groups excluding carboxylic acids is 1. The molecule has 1 fully saturated rings. The number of rotatable bonds is 8. The Hall–Kier alpha value is -4.35. The van der Waals surface area contributed by atoms with Crippen LogP contribution >= 0.6 is 11.8 Å². The molecule has 4 unspecified atom stereocenters. The monoisotopic (exact) mass is 594 g/mol. The van der Waals surface area contributed by atoms with Crippen molar-refractivity contribution < 1.29 is 24.1 Å². The van der Waals surface area contributed by atoms with Gasteiger partial charge < -0.3 is 25.1 Å². The molecule has 218 valence electrons. The summed E-state index contributed by atoms with van der Waals surface area (Å²) >= 11 is 1.43. The lowest BCUT2D eigenvalue weighted by molar-refractivity contribution is -0.645. The minimum atomic E-state index is -0.725. The zero-order valence-corrected chi connectivity index (χ0v) is 24.2. The molecular formula is C33H30N4O5S. The molecule has 9 nitrogen and oxygen atoms in total. The highest BCUT2D eigenvalue weighted by Crippen LogP contribution is 2.43. The maximum atomic E-state index is 13.1. The van der Waals surface area contributed by atoms with Gasteiger partial charge in [0.1, 0.15) is 5.69 Å². The molecule has 0 spiro atoms. The molecule has 3 aromatic carbocycles. The highest BCUT2D eigenvalue weighted by Gasteiger charge is 2.38. The number of hydrogen-bond donors (Lipinski definition) is 2. The maximum Gasteiger partial charge on any atom is 0.275 e. The van der Waals surface area contributed by atoms with Gasteiger partial charge in [0, 0.05) is 35.1 Å². The second kappa shape index (κ2) is 12.9. The fourth-order valence-electron chi connectivity index (χ4n) is 5.03. The van der Waals surface area contributed by atoms with Gasteiger partial charge in [-0.3, -0.25) is 9.78 Å². The van der Waals surface area contributed by atoms with E-state index in [4.69, 9.17) is 9.47 Å². The quantitative estimate of drug-likeness (QED) is 0.136. The number of benzene rings is 3. The summed E-state index contributed by atoms with van der Waals surface area (Å²) in [7, 11) is 0. The zero-order chi connectivity index (χ0) is 29.8. The van der Waals surface area contributed by atoms with Crippen molar-refractivity contribution in [2.75, 3.05) is 11.1 Å². The first-order valence-corrected chi connectivity index (χ1v) is 14.9. The van der Waals surface area contributed by atoms with Crippen LogP contribution in [0.1, 0.15) is 46.5 Å². The van der Waals surface area contributed by atoms with Crippen molar-refractivity contribution in [3.8, 4) is 0 Å². The highest BCUT2D eigenvalue weighted by atomic mass is 32.2. The number of carbonyl (C=O) groups is 1. The second-order valence-corrected chi connectivity index (χ2v) is 11.4. The van der Waals surface area contributed by atoms with Crippen molar-refractivity contribution in [3.05, 3.63) is 131 Å². The molecule has 2 N–H and O–H groups in total. The summed E-state index contributed by atoms with van der Waals surface area (Å²) in [5.74, 6) is 0.122. The van der Waals surface area contributed by atoms with E-state index < -0.39 is 6.29 Å². The molecule has 4 atom stereocenters. The summed E-state index contributed by atoms with van der Waals surface area (Å²) in [6, 6.07) is 27.7. The third-order valence-electron chi connectivity index (χ3n) is 7.41. The third-order valence-corrected chi connectivity index (χ3v) is 8.51. The number of amides is 1. The molecule has 2 aromatic heterocycles. The molecule has 0 saturated carbocycles. The van der Waals surface area contributed by atoms with E-state index in [1.165, 1.54) is 24.2 Å². The molecule has 1 aliphatic heterocycles. The highest BCUT2D eigenvalue weighted by molar-refractivity contribution is 7.99.